The van der Waals surface area contributed by atoms with Gasteiger partial charge >= 0.3 is 0 Å². The zero-order valence-corrected chi connectivity index (χ0v) is 16.6. The number of hydrogen-bond acceptors (Lipinski definition) is 5. The first kappa shape index (κ1) is 20.2. The van der Waals surface area contributed by atoms with Crippen LogP contribution in [0.1, 0.15) is 15.2 Å². The molecule has 0 fully saturated rings. The Hall–Kier alpha value is -2.16. The topological polar surface area (TPSA) is 66.9 Å². The van der Waals surface area contributed by atoms with Crippen molar-refractivity contribution in [3.8, 4) is 5.75 Å². The van der Waals surface area contributed by atoms with Crippen LogP contribution in [0.2, 0.25) is 0 Å². The predicted molar refractivity (Wildman–Crippen MR) is 103 cm³/mol. The van der Waals surface area contributed by atoms with Crippen LogP contribution in [-0.4, -0.2) is 51.3 Å². The van der Waals surface area contributed by atoms with Gasteiger partial charge in [-0.1, -0.05) is 12.1 Å². The molecular formula is C18H22N2O4S2. The number of hydrogen-bond donors (Lipinski definition) is 0. The molecule has 0 bridgehead atoms. The molecule has 26 heavy (non-hydrogen) atoms. The number of rotatable bonds is 8. The minimum Gasteiger partial charge on any atom is -0.495 e. The second-order valence-electron chi connectivity index (χ2n) is 5.71. The normalized spacial score (nSPS) is 11.4. The molecule has 0 spiro atoms. The fraction of sp³-hybridized carbons (Fsp3) is 0.278. The molecule has 6 nitrogen and oxygen atoms in total. The van der Waals surface area contributed by atoms with Gasteiger partial charge in [-0.25, -0.2) is 12.7 Å². The van der Waals surface area contributed by atoms with Crippen LogP contribution in [-0.2, 0) is 16.6 Å². The van der Waals surface area contributed by atoms with E-state index < -0.39 is 10.0 Å². The maximum absolute atomic E-state index is 12.9. The molecule has 1 amide bonds. The third kappa shape index (κ3) is 4.32. The van der Waals surface area contributed by atoms with E-state index in [1.165, 1.54) is 33.3 Å². The highest BCUT2D eigenvalue weighted by molar-refractivity contribution is 7.89. The Morgan fingerprint density at radius 2 is 2.04 bits per heavy atom. The maximum Gasteiger partial charge on any atom is 0.254 e. The Bertz CT molecular complexity index is 875. The molecule has 0 aliphatic rings. The van der Waals surface area contributed by atoms with Crippen molar-refractivity contribution >= 4 is 27.3 Å². The predicted octanol–water partition coefficient (Wildman–Crippen LogP) is 2.84. The van der Waals surface area contributed by atoms with Gasteiger partial charge in [0.1, 0.15) is 10.6 Å². The fourth-order valence-electron chi connectivity index (χ4n) is 2.36. The Morgan fingerprint density at radius 1 is 1.31 bits per heavy atom. The van der Waals surface area contributed by atoms with Crippen molar-refractivity contribution in [1.82, 2.24) is 9.21 Å². The molecule has 0 N–H and O–H groups in total. The van der Waals surface area contributed by atoms with Crippen LogP contribution < -0.4 is 4.74 Å². The van der Waals surface area contributed by atoms with Gasteiger partial charge in [0.05, 0.1) is 13.7 Å². The molecule has 0 unspecified atom stereocenters. The molecule has 0 saturated carbocycles. The number of amides is 1. The fourth-order valence-corrected chi connectivity index (χ4v) is 4.15. The SMILES string of the molecule is C=CCN(Cc1cccs1)C(=O)c1ccc(OC)c(S(=O)(=O)N(C)C)c1. The average molecular weight is 395 g/mol. The number of methoxy groups -OCH3 is 1. The molecule has 1 aromatic heterocycles. The minimum absolute atomic E-state index is 0.0365. The summed E-state index contributed by atoms with van der Waals surface area (Å²) in [5.41, 5.74) is 0.282. The quantitative estimate of drug-likeness (QED) is 0.646. The van der Waals surface area contributed by atoms with Gasteiger partial charge in [-0.15, -0.1) is 17.9 Å². The summed E-state index contributed by atoms with van der Waals surface area (Å²) in [6, 6.07) is 8.30. The Morgan fingerprint density at radius 3 is 2.58 bits per heavy atom. The van der Waals surface area contributed by atoms with Gasteiger partial charge in [0.15, 0.2) is 0 Å². The lowest BCUT2D eigenvalue weighted by atomic mass is 10.2. The molecule has 0 radical (unpaired) electrons. The summed E-state index contributed by atoms with van der Waals surface area (Å²) in [5.74, 6) is -0.0695. The summed E-state index contributed by atoms with van der Waals surface area (Å²) in [7, 11) is 0.520. The van der Waals surface area contributed by atoms with Gasteiger partial charge in [-0.2, -0.15) is 0 Å². The first-order chi connectivity index (χ1) is 12.3. The van der Waals surface area contributed by atoms with Crippen molar-refractivity contribution < 1.29 is 17.9 Å². The smallest absolute Gasteiger partial charge is 0.254 e. The first-order valence-corrected chi connectivity index (χ1v) is 10.2. The molecule has 0 atom stereocenters. The van der Waals surface area contributed by atoms with Crippen LogP contribution in [0.25, 0.3) is 0 Å². The number of nitrogens with zero attached hydrogens (tertiary/aromatic N) is 2. The molecule has 140 valence electrons. The van der Waals surface area contributed by atoms with Crippen LogP contribution in [0.15, 0.2) is 53.3 Å². The molecular weight excluding hydrogens is 372 g/mol. The number of carbonyl (C=O) groups is 1. The van der Waals surface area contributed by atoms with Gasteiger partial charge < -0.3 is 9.64 Å². The summed E-state index contributed by atoms with van der Waals surface area (Å²) in [6.07, 6.45) is 1.65. The van der Waals surface area contributed by atoms with Crippen molar-refractivity contribution in [2.45, 2.75) is 11.4 Å². The second kappa shape index (κ2) is 8.48. The van der Waals surface area contributed by atoms with Gasteiger partial charge in [0.25, 0.3) is 5.91 Å². The number of carbonyl (C=O) groups excluding carboxylic acids is 1. The van der Waals surface area contributed by atoms with Gasteiger partial charge in [-0.05, 0) is 29.6 Å². The summed E-state index contributed by atoms with van der Waals surface area (Å²) in [6.45, 7) is 4.49. The van der Waals surface area contributed by atoms with Crippen molar-refractivity contribution in [2.24, 2.45) is 0 Å². The third-order valence-corrected chi connectivity index (χ3v) is 6.43. The molecule has 2 rings (SSSR count). The van der Waals surface area contributed by atoms with E-state index in [-0.39, 0.29) is 22.1 Å². The van der Waals surface area contributed by atoms with Crippen molar-refractivity contribution in [3.05, 3.63) is 58.8 Å². The number of sulfonamides is 1. The van der Waals surface area contributed by atoms with Crippen LogP contribution in [0.3, 0.4) is 0 Å². The molecule has 0 saturated heterocycles. The lowest BCUT2D eigenvalue weighted by Crippen LogP contribution is -2.31. The van der Waals surface area contributed by atoms with E-state index in [2.05, 4.69) is 6.58 Å². The Balaban J connectivity index is 2.42. The monoisotopic (exact) mass is 394 g/mol. The van der Waals surface area contributed by atoms with Gasteiger partial charge in [-0.3, -0.25) is 4.79 Å². The van der Waals surface area contributed by atoms with Crippen molar-refractivity contribution in [2.75, 3.05) is 27.7 Å². The highest BCUT2D eigenvalue weighted by Crippen LogP contribution is 2.27. The van der Waals surface area contributed by atoms with E-state index in [0.717, 1.165) is 9.18 Å². The summed E-state index contributed by atoms with van der Waals surface area (Å²) >= 11 is 1.56. The molecule has 0 aliphatic heterocycles. The number of ether oxygens (including phenoxy) is 1. The van der Waals surface area contributed by atoms with Crippen LogP contribution in [0.5, 0.6) is 5.75 Å². The summed E-state index contributed by atoms with van der Waals surface area (Å²) < 4.78 is 31.3. The van der Waals surface area contributed by atoms with Crippen molar-refractivity contribution in [3.63, 3.8) is 0 Å². The van der Waals surface area contributed by atoms with Crippen LogP contribution in [0.4, 0.5) is 0 Å². The standard InChI is InChI=1S/C18H22N2O4S2/c1-5-10-20(13-15-7-6-11-25-15)18(21)14-8-9-16(24-4)17(12-14)26(22,23)19(2)3/h5-9,11-12H,1,10,13H2,2-4H3. The lowest BCUT2D eigenvalue weighted by Gasteiger charge is -2.21. The van der Waals surface area contributed by atoms with Crippen molar-refractivity contribution in [1.29, 1.82) is 0 Å². The second-order valence-corrected chi connectivity index (χ2v) is 8.86. The van der Waals surface area contributed by atoms with Gasteiger partial charge in [0.2, 0.25) is 10.0 Å². The van der Waals surface area contributed by atoms with Crippen LogP contribution >= 0.6 is 11.3 Å². The van der Waals surface area contributed by atoms with E-state index in [4.69, 9.17) is 4.74 Å². The third-order valence-electron chi connectivity index (χ3n) is 3.73. The first-order valence-electron chi connectivity index (χ1n) is 7.84. The lowest BCUT2D eigenvalue weighted by molar-refractivity contribution is 0.0764. The van der Waals surface area contributed by atoms with Crippen LogP contribution in [0, 0.1) is 0 Å². The summed E-state index contributed by atoms with van der Waals surface area (Å²) in [5, 5.41) is 1.95. The van der Waals surface area contributed by atoms with E-state index in [1.807, 2.05) is 17.5 Å². The molecule has 1 heterocycles. The Labute approximate surface area is 158 Å². The molecule has 1 aromatic carbocycles. The highest BCUT2D eigenvalue weighted by atomic mass is 32.2. The molecule has 2 aromatic rings. The van der Waals surface area contributed by atoms with E-state index >= 15 is 0 Å². The zero-order valence-electron chi connectivity index (χ0n) is 15.0. The van der Waals surface area contributed by atoms with E-state index in [1.54, 1.807) is 28.4 Å². The zero-order chi connectivity index (χ0) is 19.3. The highest BCUT2D eigenvalue weighted by Gasteiger charge is 2.25. The van der Waals surface area contributed by atoms with E-state index in [9.17, 15) is 13.2 Å². The Kier molecular flexibility index (Phi) is 6.57. The van der Waals surface area contributed by atoms with Gasteiger partial charge in [0, 0.05) is 31.1 Å². The summed E-state index contributed by atoms with van der Waals surface area (Å²) in [4.78, 5) is 15.6. The molecule has 0 aliphatic carbocycles. The maximum atomic E-state index is 12.9. The number of thiophene rings is 1. The average Bonchev–Trinajstić information content (AvgIpc) is 3.13. The number of benzene rings is 1. The largest absolute Gasteiger partial charge is 0.495 e. The molecule has 8 heteroatoms. The minimum atomic E-state index is -3.74. The van der Waals surface area contributed by atoms with E-state index in [0.29, 0.717) is 13.1 Å².